The maximum absolute atomic E-state index is 13.1. The van der Waals surface area contributed by atoms with E-state index in [2.05, 4.69) is 39.6 Å². The summed E-state index contributed by atoms with van der Waals surface area (Å²) >= 11 is 3.55. The average Bonchev–Trinajstić information content (AvgIpc) is 3.12. The van der Waals surface area contributed by atoms with Gasteiger partial charge in [0.15, 0.2) is 5.78 Å². The van der Waals surface area contributed by atoms with Gasteiger partial charge in [0.2, 0.25) is 0 Å². The molecule has 2 N–H and O–H groups in total. The standard InChI is InChI=1S/C39H50BrN3O5/c1-4-19-42(20-22-47-38(45)28(3)30-15-12-16-31(24-30)37(44)29-13-8-6-9-14-29)21-23-48-39(46)32-25-33(36(41)35(40)26-32)27-43(5-2)34-17-10-7-11-18-34/h6,8-9,12-16,24-26,28,34H,4-5,7,10-11,17-23,27,41H2,1-3H3. The van der Waals surface area contributed by atoms with Crippen LogP contribution in [0.15, 0.2) is 71.2 Å². The first kappa shape index (κ1) is 37.3. The second kappa shape index (κ2) is 18.9. The number of nitrogen functional groups attached to an aromatic ring is 1. The van der Waals surface area contributed by atoms with E-state index < -0.39 is 5.92 Å². The summed E-state index contributed by atoms with van der Waals surface area (Å²) in [6, 6.07) is 20.4. The van der Waals surface area contributed by atoms with Crippen LogP contribution in [0.5, 0.6) is 0 Å². The molecule has 1 saturated carbocycles. The Labute approximate surface area is 294 Å². The number of nitrogens with zero attached hydrogens (tertiary/aromatic N) is 2. The van der Waals surface area contributed by atoms with Crippen molar-refractivity contribution in [2.75, 3.05) is 45.1 Å². The van der Waals surface area contributed by atoms with Gasteiger partial charge >= 0.3 is 11.9 Å². The van der Waals surface area contributed by atoms with Gasteiger partial charge < -0.3 is 15.2 Å². The highest BCUT2D eigenvalue weighted by molar-refractivity contribution is 9.10. The zero-order valence-electron chi connectivity index (χ0n) is 28.6. The molecule has 1 fully saturated rings. The minimum absolute atomic E-state index is 0.0869. The summed E-state index contributed by atoms with van der Waals surface area (Å²) in [4.78, 5) is 43.5. The van der Waals surface area contributed by atoms with Crippen LogP contribution >= 0.6 is 15.9 Å². The van der Waals surface area contributed by atoms with E-state index >= 15 is 0 Å². The van der Waals surface area contributed by atoms with Crippen LogP contribution < -0.4 is 5.73 Å². The van der Waals surface area contributed by atoms with E-state index in [1.807, 2.05) is 30.3 Å². The number of anilines is 1. The molecule has 0 spiro atoms. The minimum atomic E-state index is -0.523. The van der Waals surface area contributed by atoms with Gasteiger partial charge in [-0.25, -0.2) is 4.79 Å². The fourth-order valence-corrected chi connectivity index (χ4v) is 6.83. The van der Waals surface area contributed by atoms with Crippen LogP contribution in [0.1, 0.15) is 103 Å². The highest BCUT2D eigenvalue weighted by Gasteiger charge is 2.23. The summed E-state index contributed by atoms with van der Waals surface area (Å²) < 4.78 is 12.0. The van der Waals surface area contributed by atoms with Gasteiger partial charge in [0.05, 0.1) is 17.2 Å². The predicted molar refractivity (Wildman–Crippen MR) is 194 cm³/mol. The molecule has 48 heavy (non-hydrogen) atoms. The van der Waals surface area contributed by atoms with Crippen LogP contribution in [0.2, 0.25) is 0 Å². The fraction of sp³-hybridized carbons (Fsp3) is 0.462. The molecule has 1 aliphatic rings. The molecule has 4 rings (SSSR count). The lowest BCUT2D eigenvalue weighted by atomic mass is 9.93. The van der Waals surface area contributed by atoms with Gasteiger partial charge in [-0.05, 0) is 84.5 Å². The molecule has 0 amide bonds. The van der Waals surface area contributed by atoms with Gasteiger partial charge in [0, 0.05) is 41.3 Å². The number of ether oxygens (including phenoxy) is 2. The molecule has 0 radical (unpaired) electrons. The summed E-state index contributed by atoms with van der Waals surface area (Å²) in [5, 5.41) is 0. The summed E-state index contributed by atoms with van der Waals surface area (Å²) in [7, 11) is 0. The molecular weight excluding hydrogens is 670 g/mol. The Kier molecular flexibility index (Phi) is 14.7. The first-order valence-electron chi connectivity index (χ1n) is 17.3. The van der Waals surface area contributed by atoms with Crippen molar-refractivity contribution in [2.45, 2.75) is 77.8 Å². The maximum atomic E-state index is 13.1. The third kappa shape index (κ3) is 10.5. The van der Waals surface area contributed by atoms with Crippen molar-refractivity contribution >= 4 is 39.3 Å². The molecule has 3 aromatic rings. The molecule has 8 nitrogen and oxygen atoms in total. The Morgan fingerprint density at radius 2 is 1.54 bits per heavy atom. The van der Waals surface area contributed by atoms with Gasteiger partial charge in [-0.2, -0.15) is 0 Å². The van der Waals surface area contributed by atoms with Crippen LogP contribution in [-0.2, 0) is 20.8 Å². The van der Waals surface area contributed by atoms with Crippen molar-refractivity contribution in [2.24, 2.45) is 0 Å². The number of carbonyl (C=O) groups is 3. The molecular formula is C39H50BrN3O5. The molecule has 0 saturated heterocycles. The van der Waals surface area contributed by atoms with Gasteiger partial charge in [-0.3, -0.25) is 19.4 Å². The molecule has 9 heteroatoms. The number of nitrogens with two attached hydrogens (primary N) is 1. The number of ketones is 1. The quantitative estimate of drug-likeness (QED) is 0.0864. The third-order valence-corrected chi connectivity index (χ3v) is 9.85. The van der Waals surface area contributed by atoms with E-state index in [-0.39, 0.29) is 30.9 Å². The zero-order valence-corrected chi connectivity index (χ0v) is 30.2. The lowest BCUT2D eigenvalue weighted by Crippen LogP contribution is -2.36. The van der Waals surface area contributed by atoms with E-state index in [0.717, 1.165) is 30.6 Å². The average molecular weight is 721 g/mol. The Morgan fingerprint density at radius 3 is 2.23 bits per heavy atom. The smallest absolute Gasteiger partial charge is 0.338 e. The Morgan fingerprint density at radius 1 is 0.854 bits per heavy atom. The molecule has 0 bridgehead atoms. The monoisotopic (exact) mass is 719 g/mol. The van der Waals surface area contributed by atoms with Crippen molar-refractivity contribution in [3.63, 3.8) is 0 Å². The summed E-state index contributed by atoms with van der Waals surface area (Å²) in [5.41, 5.74) is 10.4. The van der Waals surface area contributed by atoms with Crippen molar-refractivity contribution in [3.8, 4) is 0 Å². The molecule has 1 atom stereocenters. The topological polar surface area (TPSA) is 102 Å². The second-order valence-electron chi connectivity index (χ2n) is 12.6. The summed E-state index contributed by atoms with van der Waals surface area (Å²) in [5.74, 6) is -1.35. The van der Waals surface area contributed by atoms with E-state index in [1.165, 1.54) is 32.1 Å². The number of halogens is 1. The largest absolute Gasteiger partial charge is 0.464 e. The molecule has 0 heterocycles. The van der Waals surface area contributed by atoms with Crippen LogP contribution in [0.25, 0.3) is 0 Å². The van der Waals surface area contributed by atoms with Gasteiger partial charge in [-0.1, -0.05) is 81.6 Å². The molecule has 0 aliphatic heterocycles. The van der Waals surface area contributed by atoms with Gasteiger partial charge in [-0.15, -0.1) is 0 Å². The van der Waals surface area contributed by atoms with Gasteiger partial charge in [0.1, 0.15) is 13.2 Å². The van der Waals surface area contributed by atoms with Crippen LogP contribution in [-0.4, -0.2) is 73.0 Å². The number of rotatable bonds is 17. The highest BCUT2D eigenvalue weighted by Crippen LogP contribution is 2.30. The summed E-state index contributed by atoms with van der Waals surface area (Å²) in [6.45, 7) is 9.91. The van der Waals surface area contributed by atoms with Gasteiger partial charge in [0.25, 0.3) is 0 Å². The SMILES string of the molecule is CCCN(CCOC(=O)c1cc(Br)c(N)c(CN(CC)C2CCCCC2)c1)CCOC(=O)C(C)c1cccc(C(=O)c2ccccc2)c1. The number of hydrogen-bond acceptors (Lipinski definition) is 8. The third-order valence-electron chi connectivity index (χ3n) is 9.19. The lowest BCUT2D eigenvalue weighted by Gasteiger charge is -2.34. The lowest BCUT2D eigenvalue weighted by molar-refractivity contribution is -0.145. The van der Waals surface area contributed by atoms with Crippen LogP contribution in [0.4, 0.5) is 5.69 Å². The molecule has 3 aromatic carbocycles. The number of benzene rings is 3. The van der Waals surface area contributed by atoms with E-state index in [0.29, 0.717) is 52.5 Å². The highest BCUT2D eigenvalue weighted by atomic mass is 79.9. The van der Waals surface area contributed by atoms with E-state index in [9.17, 15) is 14.4 Å². The number of esters is 2. The van der Waals surface area contributed by atoms with E-state index in [1.54, 1.807) is 43.3 Å². The van der Waals surface area contributed by atoms with Crippen molar-refractivity contribution in [3.05, 3.63) is 99.0 Å². The number of carbonyl (C=O) groups excluding carboxylic acids is 3. The molecule has 0 aromatic heterocycles. The molecule has 1 aliphatic carbocycles. The van der Waals surface area contributed by atoms with E-state index in [4.69, 9.17) is 15.2 Å². The van der Waals surface area contributed by atoms with Crippen molar-refractivity contribution < 1.29 is 23.9 Å². The Hall–Kier alpha value is -3.53. The molecule has 258 valence electrons. The second-order valence-corrected chi connectivity index (χ2v) is 13.4. The maximum Gasteiger partial charge on any atom is 0.338 e. The number of hydrogen-bond donors (Lipinski definition) is 1. The predicted octanol–water partition coefficient (Wildman–Crippen LogP) is 7.63. The van der Waals surface area contributed by atoms with Crippen molar-refractivity contribution in [1.82, 2.24) is 9.80 Å². The Balaban J connectivity index is 1.26. The summed E-state index contributed by atoms with van der Waals surface area (Å²) in [6.07, 6.45) is 7.14. The fourth-order valence-electron chi connectivity index (χ4n) is 6.33. The van der Waals surface area contributed by atoms with Crippen LogP contribution in [0, 0.1) is 0 Å². The molecule has 1 unspecified atom stereocenters. The van der Waals surface area contributed by atoms with Crippen LogP contribution in [0.3, 0.4) is 0 Å². The van der Waals surface area contributed by atoms with Crippen molar-refractivity contribution in [1.29, 1.82) is 0 Å². The zero-order chi connectivity index (χ0) is 34.5. The Bertz CT molecular complexity index is 1510. The minimum Gasteiger partial charge on any atom is -0.464 e. The normalized spacial score (nSPS) is 14.2. The first-order valence-corrected chi connectivity index (χ1v) is 18.1. The first-order chi connectivity index (χ1) is 23.2.